The summed E-state index contributed by atoms with van der Waals surface area (Å²) in [7, 11) is 3.17. The Morgan fingerprint density at radius 2 is 2.10 bits per heavy atom. The van der Waals surface area contributed by atoms with Crippen molar-refractivity contribution in [2.45, 2.75) is 31.8 Å². The zero-order valence-corrected chi connectivity index (χ0v) is 12.1. The first-order chi connectivity index (χ1) is 9.52. The first-order valence-corrected chi connectivity index (χ1v) is 6.71. The molecule has 0 bridgehead atoms. The monoisotopic (exact) mass is 276 g/mol. The molecule has 1 N–H and O–H groups in total. The summed E-state index contributed by atoms with van der Waals surface area (Å²) >= 11 is 0. The molecule has 1 saturated heterocycles. The van der Waals surface area contributed by atoms with Crippen molar-refractivity contribution in [3.63, 3.8) is 0 Å². The Labute approximate surface area is 118 Å². The number of likely N-dealkylation sites (N-methyl/N-ethyl adjacent to an activating group) is 1. The molecule has 1 aromatic rings. The lowest BCUT2D eigenvalue weighted by molar-refractivity contribution is -0.137. The second-order valence-corrected chi connectivity index (χ2v) is 5.13. The number of hydrogen-bond donors (Lipinski definition) is 1. The fraction of sp³-hybridized carbons (Fsp3) is 0.467. The van der Waals surface area contributed by atoms with E-state index < -0.39 is 6.04 Å². The van der Waals surface area contributed by atoms with Crippen molar-refractivity contribution in [2.24, 2.45) is 0 Å². The molecule has 0 aromatic heterocycles. The minimum atomic E-state index is -0.405. The number of methoxy groups -OCH3 is 1. The van der Waals surface area contributed by atoms with Gasteiger partial charge in [0.25, 0.3) is 0 Å². The first-order valence-electron chi connectivity index (χ1n) is 6.71. The molecule has 5 nitrogen and oxygen atoms in total. The maximum Gasteiger partial charge on any atom is 0.246 e. The molecule has 1 heterocycles. The van der Waals surface area contributed by atoms with Gasteiger partial charge >= 0.3 is 0 Å². The third-order valence-electron chi connectivity index (χ3n) is 3.59. The van der Waals surface area contributed by atoms with Crippen LogP contribution in [0.1, 0.15) is 18.9 Å². The van der Waals surface area contributed by atoms with Crippen LogP contribution >= 0.6 is 0 Å². The van der Waals surface area contributed by atoms with E-state index in [9.17, 15) is 9.59 Å². The lowest BCUT2D eigenvalue weighted by Gasteiger charge is -2.19. The topological polar surface area (TPSA) is 58.6 Å². The number of nitrogens with zero attached hydrogens (tertiary/aromatic N) is 1. The summed E-state index contributed by atoms with van der Waals surface area (Å²) in [5, 5.41) is 3.22. The predicted molar refractivity (Wildman–Crippen MR) is 75.5 cm³/mol. The number of rotatable bonds is 5. The predicted octanol–water partition coefficient (Wildman–Crippen LogP) is 0.973. The summed E-state index contributed by atoms with van der Waals surface area (Å²) in [6.07, 6.45) is 0.983. The van der Waals surface area contributed by atoms with Crippen LogP contribution in [0, 0.1) is 0 Å². The highest BCUT2D eigenvalue weighted by atomic mass is 16.5. The number of nitrogens with one attached hydrogen (secondary N) is 1. The third-order valence-corrected chi connectivity index (χ3v) is 3.59. The summed E-state index contributed by atoms with van der Waals surface area (Å²) in [5.74, 6) is 0.561. The van der Waals surface area contributed by atoms with E-state index in [1.165, 1.54) is 11.9 Å². The van der Waals surface area contributed by atoms with Gasteiger partial charge in [-0.1, -0.05) is 18.2 Å². The maximum atomic E-state index is 11.8. The number of carbonyl (C=O) groups is 2. The summed E-state index contributed by atoms with van der Waals surface area (Å²) in [5.41, 5.74) is 1.08. The molecule has 0 aliphatic carbocycles. The molecule has 108 valence electrons. The largest absolute Gasteiger partial charge is 0.496 e. The third kappa shape index (κ3) is 2.99. The van der Waals surface area contributed by atoms with Crippen LogP contribution in [0.15, 0.2) is 24.3 Å². The number of ether oxygens (including phenoxy) is 1. The Morgan fingerprint density at radius 1 is 1.40 bits per heavy atom. The Hall–Kier alpha value is -1.88. The minimum absolute atomic E-state index is 0.0829. The van der Waals surface area contributed by atoms with Crippen LogP contribution in [0.5, 0.6) is 5.75 Å². The van der Waals surface area contributed by atoms with Gasteiger partial charge in [-0.25, -0.2) is 0 Å². The highest BCUT2D eigenvalue weighted by Gasteiger charge is 2.36. The SMILES string of the molecule is COc1ccccc1CC(C)NC1CC(=O)N(C)C1=O. The summed E-state index contributed by atoms with van der Waals surface area (Å²) in [6, 6.07) is 7.49. The number of likely N-dealkylation sites (tertiary alicyclic amines) is 1. The Bertz CT molecular complexity index is 516. The van der Waals surface area contributed by atoms with Gasteiger partial charge in [0.1, 0.15) is 5.75 Å². The average molecular weight is 276 g/mol. The van der Waals surface area contributed by atoms with Crippen molar-refractivity contribution in [1.29, 1.82) is 0 Å². The van der Waals surface area contributed by atoms with E-state index in [0.717, 1.165) is 17.7 Å². The smallest absolute Gasteiger partial charge is 0.246 e. The zero-order chi connectivity index (χ0) is 14.7. The highest BCUT2D eigenvalue weighted by molar-refractivity contribution is 6.05. The van der Waals surface area contributed by atoms with E-state index in [1.807, 2.05) is 31.2 Å². The molecule has 2 unspecified atom stereocenters. The second-order valence-electron chi connectivity index (χ2n) is 5.13. The molecular weight excluding hydrogens is 256 g/mol. The molecule has 1 aliphatic heterocycles. The lowest BCUT2D eigenvalue weighted by Crippen LogP contribution is -2.42. The van der Waals surface area contributed by atoms with Gasteiger partial charge in [-0.15, -0.1) is 0 Å². The quantitative estimate of drug-likeness (QED) is 0.814. The molecule has 0 spiro atoms. The molecule has 1 fully saturated rings. The summed E-state index contributed by atoms with van der Waals surface area (Å²) < 4.78 is 5.31. The summed E-state index contributed by atoms with van der Waals surface area (Å²) in [4.78, 5) is 24.5. The van der Waals surface area contributed by atoms with Gasteiger partial charge in [0.15, 0.2) is 0 Å². The Balaban J connectivity index is 1.98. The number of para-hydroxylation sites is 1. The minimum Gasteiger partial charge on any atom is -0.496 e. The second kappa shape index (κ2) is 6.05. The lowest BCUT2D eigenvalue weighted by atomic mass is 10.0. The standard InChI is InChI=1S/C15H20N2O3/c1-10(8-11-6-4-5-7-13(11)20-3)16-12-9-14(18)17(2)15(12)19/h4-7,10,12,16H,8-9H2,1-3H3. The van der Waals surface area contributed by atoms with Gasteiger partial charge in [0.2, 0.25) is 11.8 Å². The van der Waals surface area contributed by atoms with E-state index in [1.54, 1.807) is 7.11 Å². The van der Waals surface area contributed by atoms with Crippen molar-refractivity contribution >= 4 is 11.8 Å². The van der Waals surface area contributed by atoms with Gasteiger partial charge in [0.05, 0.1) is 19.6 Å². The fourth-order valence-electron chi connectivity index (χ4n) is 2.49. The van der Waals surface area contributed by atoms with Gasteiger partial charge in [-0.2, -0.15) is 0 Å². The van der Waals surface area contributed by atoms with Crippen LogP contribution in [0.25, 0.3) is 0 Å². The Morgan fingerprint density at radius 3 is 2.70 bits per heavy atom. The van der Waals surface area contributed by atoms with Crippen LogP contribution < -0.4 is 10.1 Å². The molecular formula is C15H20N2O3. The first kappa shape index (κ1) is 14.5. The van der Waals surface area contributed by atoms with Crippen LogP contribution in [-0.4, -0.2) is 43.0 Å². The average Bonchev–Trinajstić information content (AvgIpc) is 2.67. The van der Waals surface area contributed by atoms with E-state index in [2.05, 4.69) is 5.32 Å². The van der Waals surface area contributed by atoms with Crippen molar-refractivity contribution in [3.8, 4) is 5.75 Å². The molecule has 5 heteroatoms. The van der Waals surface area contributed by atoms with Crippen LogP contribution in [0.4, 0.5) is 0 Å². The van der Waals surface area contributed by atoms with E-state index >= 15 is 0 Å². The van der Waals surface area contributed by atoms with Crippen molar-refractivity contribution in [2.75, 3.05) is 14.2 Å². The van der Waals surface area contributed by atoms with Gasteiger partial charge in [-0.3, -0.25) is 14.5 Å². The van der Waals surface area contributed by atoms with Crippen LogP contribution in [-0.2, 0) is 16.0 Å². The molecule has 2 amide bonds. The molecule has 1 aliphatic rings. The van der Waals surface area contributed by atoms with E-state index in [0.29, 0.717) is 0 Å². The zero-order valence-electron chi connectivity index (χ0n) is 12.1. The van der Waals surface area contributed by atoms with Crippen LogP contribution in [0.2, 0.25) is 0 Å². The normalized spacial score (nSPS) is 20.4. The molecule has 0 saturated carbocycles. The molecule has 0 radical (unpaired) electrons. The molecule has 20 heavy (non-hydrogen) atoms. The summed E-state index contributed by atoms with van der Waals surface area (Å²) in [6.45, 7) is 2.00. The van der Waals surface area contributed by atoms with Crippen molar-refractivity contribution in [1.82, 2.24) is 10.2 Å². The molecule has 2 rings (SSSR count). The number of carbonyl (C=O) groups excluding carboxylic acids is 2. The van der Waals surface area contributed by atoms with Gasteiger partial charge in [0, 0.05) is 13.1 Å². The van der Waals surface area contributed by atoms with Crippen LogP contribution in [0.3, 0.4) is 0 Å². The number of hydrogen-bond acceptors (Lipinski definition) is 4. The van der Waals surface area contributed by atoms with E-state index in [4.69, 9.17) is 4.74 Å². The van der Waals surface area contributed by atoms with Crippen molar-refractivity contribution in [3.05, 3.63) is 29.8 Å². The Kier molecular flexibility index (Phi) is 4.39. The number of amides is 2. The van der Waals surface area contributed by atoms with Gasteiger partial charge < -0.3 is 10.1 Å². The van der Waals surface area contributed by atoms with Crippen molar-refractivity contribution < 1.29 is 14.3 Å². The molecule has 1 aromatic carbocycles. The highest BCUT2D eigenvalue weighted by Crippen LogP contribution is 2.19. The number of benzene rings is 1. The van der Waals surface area contributed by atoms with E-state index in [-0.39, 0.29) is 24.3 Å². The fourth-order valence-corrected chi connectivity index (χ4v) is 2.49. The maximum absolute atomic E-state index is 11.8. The number of imide groups is 1. The van der Waals surface area contributed by atoms with Gasteiger partial charge in [-0.05, 0) is 25.0 Å². The molecule has 2 atom stereocenters.